The zero-order valence-electron chi connectivity index (χ0n) is 14.5. The Morgan fingerprint density at radius 3 is 2.88 bits per heavy atom. The van der Waals surface area contributed by atoms with Crippen LogP contribution in [-0.2, 0) is 13.5 Å². The van der Waals surface area contributed by atoms with Gasteiger partial charge in [0.05, 0.1) is 11.8 Å². The number of anilines is 3. The van der Waals surface area contributed by atoms with Crippen molar-refractivity contribution in [2.75, 3.05) is 24.3 Å². The van der Waals surface area contributed by atoms with Crippen LogP contribution in [-0.4, -0.2) is 28.2 Å². The van der Waals surface area contributed by atoms with E-state index in [9.17, 15) is 0 Å². The molecule has 1 aromatic carbocycles. The first-order valence-electron chi connectivity index (χ1n) is 7.99. The van der Waals surface area contributed by atoms with Crippen molar-refractivity contribution in [2.24, 2.45) is 7.05 Å². The van der Waals surface area contributed by atoms with Gasteiger partial charge in [-0.25, -0.2) is 9.97 Å². The molecule has 0 saturated heterocycles. The van der Waals surface area contributed by atoms with Gasteiger partial charge in [0.1, 0.15) is 23.2 Å². The molecule has 0 aliphatic heterocycles. The molecule has 0 aliphatic carbocycles. The van der Waals surface area contributed by atoms with Crippen molar-refractivity contribution in [3.8, 4) is 11.8 Å². The molecule has 0 unspecified atom stereocenters. The molecule has 0 saturated carbocycles. The third kappa shape index (κ3) is 3.06. The van der Waals surface area contributed by atoms with Gasteiger partial charge < -0.3 is 19.9 Å². The molecule has 3 aromatic rings. The number of fused-ring (bicyclic) bond motifs is 1. The van der Waals surface area contributed by atoms with E-state index in [0.29, 0.717) is 17.1 Å². The fraction of sp³-hybridized carbons (Fsp3) is 0.278. The van der Waals surface area contributed by atoms with Gasteiger partial charge in [0.25, 0.3) is 0 Å². The van der Waals surface area contributed by atoms with Crippen LogP contribution in [0, 0.1) is 11.3 Å². The van der Waals surface area contributed by atoms with Crippen LogP contribution < -0.4 is 15.4 Å². The van der Waals surface area contributed by atoms with Crippen LogP contribution >= 0.6 is 0 Å². The number of hydrogen-bond acceptors (Lipinski definition) is 6. The molecule has 0 spiro atoms. The summed E-state index contributed by atoms with van der Waals surface area (Å²) in [6.45, 7) is 2.11. The highest BCUT2D eigenvalue weighted by Gasteiger charge is 2.15. The summed E-state index contributed by atoms with van der Waals surface area (Å²) in [6.07, 6.45) is 2.59. The Hall–Kier alpha value is -3.27. The first kappa shape index (κ1) is 16.6. The second-order valence-corrected chi connectivity index (χ2v) is 5.74. The van der Waals surface area contributed by atoms with Crippen molar-refractivity contribution >= 4 is 28.4 Å². The minimum atomic E-state index is 0.0147. The molecule has 0 bridgehead atoms. The third-order valence-electron chi connectivity index (χ3n) is 4.17. The third-order valence-corrected chi connectivity index (χ3v) is 4.17. The number of benzene rings is 1. The topological polar surface area (TPSA) is 93.0 Å². The van der Waals surface area contributed by atoms with E-state index in [1.165, 1.54) is 0 Å². The highest BCUT2D eigenvalue weighted by Crippen LogP contribution is 2.32. The standard InChI is InChI=1S/C18H20N6O/c1-4-12-5-6-13(25-8-7-19)9-14(12)24(3)16-10-15-17(18(20)22-16)21-11-23(15)2/h5-6,9-11H,4,8H2,1-3H3,(H2,20,22). The van der Waals surface area contributed by atoms with Gasteiger partial charge in [-0.2, -0.15) is 5.26 Å². The van der Waals surface area contributed by atoms with Crippen LogP contribution in [0.5, 0.6) is 5.75 Å². The Kier molecular flexibility index (Phi) is 4.44. The monoisotopic (exact) mass is 336 g/mol. The molecule has 7 nitrogen and oxygen atoms in total. The van der Waals surface area contributed by atoms with E-state index in [-0.39, 0.29) is 6.61 Å². The van der Waals surface area contributed by atoms with E-state index in [1.54, 1.807) is 6.33 Å². The van der Waals surface area contributed by atoms with Gasteiger partial charge in [-0.1, -0.05) is 13.0 Å². The molecule has 0 atom stereocenters. The van der Waals surface area contributed by atoms with E-state index < -0.39 is 0 Å². The highest BCUT2D eigenvalue weighted by molar-refractivity contribution is 5.88. The number of aromatic nitrogens is 3. The number of ether oxygens (including phenoxy) is 1. The molecule has 2 N–H and O–H groups in total. The summed E-state index contributed by atoms with van der Waals surface area (Å²) in [7, 11) is 3.86. The Bertz CT molecular complexity index is 956. The van der Waals surface area contributed by atoms with Crippen LogP contribution in [0.1, 0.15) is 12.5 Å². The molecular weight excluding hydrogens is 316 g/mol. The maximum Gasteiger partial charge on any atom is 0.174 e. The molecule has 0 amide bonds. The number of rotatable bonds is 5. The quantitative estimate of drug-likeness (QED) is 0.770. The average molecular weight is 336 g/mol. The smallest absolute Gasteiger partial charge is 0.174 e. The molecule has 0 radical (unpaired) electrons. The number of pyridine rings is 1. The Morgan fingerprint density at radius 2 is 2.16 bits per heavy atom. The lowest BCUT2D eigenvalue weighted by Gasteiger charge is -2.22. The zero-order chi connectivity index (χ0) is 18.0. The zero-order valence-corrected chi connectivity index (χ0v) is 14.5. The van der Waals surface area contributed by atoms with Gasteiger partial charge in [-0.05, 0) is 18.1 Å². The number of nitrogen functional groups attached to an aromatic ring is 1. The largest absolute Gasteiger partial charge is 0.479 e. The van der Waals surface area contributed by atoms with Gasteiger partial charge in [0, 0.05) is 31.9 Å². The summed E-state index contributed by atoms with van der Waals surface area (Å²) in [4.78, 5) is 10.7. The predicted octanol–water partition coefficient (Wildman–Crippen LogP) is 2.78. The van der Waals surface area contributed by atoms with Gasteiger partial charge in [-0.15, -0.1) is 0 Å². The first-order chi connectivity index (χ1) is 12.0. The Balaban J connectivity index is 2.06. The second kappa shape index (κ2) is 6.69. The highest BCUT2D eigenvalue weighted by atomic mass is 16.5. The van der Waals surface area contributed by atoms with Crippen molar-refractivity contribution < 1.29 is 4.74 Å². The Labute approximate surface area is 146 Å². The van der Waals surface area contributed by atoms with Gasteiger partial charge >= 0.3 is 0 Å². The predicted molar refractivity (Wildman–Crippen MR) is 97.9 cm³/mol. The molecule has 2 aromatic heterocycles. The van der Waals surface area contributed by atoms with Gasteiger partial charge in [0.15, 0.2) is 12.4 Å². The van der Waals surface area contributed by atoms with Gasteiger partial charge in [-0.3, -0.25) is 0 Å². The lowest BCUT2D eigenvalue weighted by Crippen LogP contribution is -2.14. The SMILES string of the molecule is CCc1ccc(OCC#N)cc1N(C)c1cc2c(ncn2C)c(N)n1. The van der Waals surface area contributed by atoms with Crippen LogP contribution in [0.2, 0.25) is 0 Å². The van der Waals surface area contributed by atoms with Crippen LogP contribution in [0.3, 0.4) is 0 Å². The van der Waals surface area contributed by atoms with Crippen LogP contribution in [0.4, 0.5) is 17.3 Å². The lowest BCUT2D eigenvalue weighted by molar-refractivity contribution is 0.368. The van der Waals surface area contributed by atoms with E-state index in [0.717, 1.165) is 29.0 Å². The summed E-state index contributed by atoms with van der Waals surface area (Å²) in [5, 5.41) is 8.70. The van der Waals surface area contributed by atoms with Crippen molar-refractivity contribution in [3.05, 3.63) is 36.2 Å². The van der Waals surface area contributed by atoms with Gasteiger partial charge in [0.2, 0.25) is 0 Å². The first-order valence-corrected chi connectivity index (χ1v) is 7.99. The van der Waals surface area contributed by atoms with Crippen molar-refractivity contribution in [1.82, 2.24) is 14.5 Å². The fourth-order valence-electron chi connectivity index (χ4n) is 2.79. The van der Waals surface area contributed by atoms with Crippen LogP contribution in [0.25, 0.3) is 11.0 Å². The molecule has 25 heavy (non-hydrogen) atoms. The van der Waals surface area contributed by atoms with Crippen molar-refractivity contribution in [1.29, 1.82) is 5.26 Å². The number of hydrogen-bond donors (Lipinski definition) is 1. The lowest BCUT2D eigenvalue weighted by atomic mass is 10.1. The average Bonchev–Trinajstić information content (AvgIpc) is 3.00. The Morgan fingerprint density at radius 1 is 1.36 bits per heavy atom. The molecule has 2 heterocycles. The maximum atomic E-state index is 8.70. The number of imidazole rings is 1. The maximum absolute atomic E-state index is 8.70. The molecule has 7 heteroatoms. The van der Waals surface area contributed by atoms with Crippen molar-refractivity contribution in [2.45, 2.75) is 13.3 Å². The molecule has 3 rings (SSSR count). The molecule has 0 aliphatic rings. The molecule has 0 fully saturated rings. The summed E-state index contributed by atoms with van der Waals surface area (Å²) in [5.74, 6) is 1.77. The number of aryl methyl sites for hydroxylation is 2. The minimum absolute atomic E-state index is 0.0147. The second-order valence-electron chi connectivity index (χ2n) is 5.74. The molecule has 128 valence electrons. The summed E-state index contributed by atoms with van der Waals surface area (Å²) in [5.41, 5.74) is 9.81. The van der Waals surface area contributed by atoms with E-state index in [2.05, 4.69) is 16.9 Å². The minimum Gasteiger partial charge on any atom is -0.479 e. The normalized spacial score (nSPS) is 10.6. The number of nitrogens with two attached hydrogens (primary N) is 1. The van der Waals surface area contributed by atoms with E-state index >= 15 is 0 Å². The van der Waals surface area contributed by atoms with Crippen LogP contribution in [0.15, 0.2) is 30.6 Å². The number of nitriles is 1. The van der Waals surface area contributed by atoms with E-state index in [4.69, 9.17) is 15.7 Å². The van der Waals surface area contributed by atoms with Crippen molar-refractivity contribution in [3.63, 3.8) is 0 Å². The summed E-state index contributed by atoms with van der Waals surface area (Å²) < 4.78 is 7.35. The molecular formula is C18H20N6O. The fourth-order valence-corrected chi connectivity index (χ4v) is 2.79. The van der Waals surface area contributed by atoms with E-state index in [1.807, 2.05) is 53.9 Å². The number of nitrogens with zero attached hydrogens (tertiary/aromatic N) is 5. The summed E-state index contributed by atoms with van der Waals surface area (Å²) in [6, 6.07) is 9.74. The summed E-state index contributed by atoms with van der Waals surface area (Å²) >= 11 is 0.